The fourth-order valence-corrected chi connectivity index (χ4v) is 5.08. The van der Waals surface area contributed by atoms with Crippen LogP contribution >= 0.6 is 12.4 Å². The van der Waals surface area contributed by atoms with Gasteiger partial charge in [0.1, 0.15) is 11.6 Å². The highest BCUT2D eigenvalue weighted by molar-refractivity contribution is 7.89. The molecule has 0 saturated carbocycles. The molecule has 0 aromatic heterocycles. The molecular weight excluding hydrogens is 428 g/mol. The van der Waals surface area contributed by atoms with Crippen molar-refractivity contribution in [2.75, 3.05) is 18.4 Å². The molecule has 1 aliphatic heterocycles. The van der Waals surface area contributed by atoms with E-state index in [9.17, 15) is 18.3 Å². The standard InChI is InChI=1S/C20H24N4O4S.ClH/c1-13-10-16(5-7-18(13)29(27,28)24-8-2-3-9-24)23-19(26)12-15-11-14(20(21)22)4-6-17(15)25;/h4-7,10-11,25H,2-3,8-9,12H2,1H3,(H3,21,22)(H,23,26);1H. The number of hydrogen-bond acceptors (Lipinski definition) is 5. The Morgan fingerprint density at radius 2 is 1.87 bits per heavy atom. The van der Waals surface area contributed by atoms with Crippen LogP contribution in [-0.2, 0) is 21.2 Å². The van der Waals surface area contributed by atoms with Crippen LogP contribution in [0.15, 0.2) is 41.3 Å². The molecule has 3 rings (SSSR count). The fourth-order valence-electron chi connectivity index (χ4n) is 3.36. The SMILES string of the molecule is Cc1cc(NC(=O)Cc2cc(C(=N)N)ccc2O)ccc1S(=O)(=O)N1CCCC1.Cl. The predicted molar refractivity (Wildman–Crippen MR) is 118 cm³/mol. The lowest BCUT2D eigenvalue weighted by molar-refractivity contribution is -0.115. The number of amidine groups is 1. The van der Waals surface area contributed by atoms with Gasteiger partial charge in [-0.25, -0.2) is 8.42 Å². The molecule has 1 saturated heterocycles. The summed E-state index contributed by atoms with van der Waals surface area (Å²) in [5.74, 6) is -0.596. The summed E-state index contributed by atoms with van der Waals surface area (Å²) in [6.45, 7) is 2.76. The smallest absolute Gasteiger partial charge is 0.243 e. The maximum atomic E-state index is 12.7. The first-order valence-corrected chi connectivity index (χ1v) is 10.7. The van der Waals surface area contributed by atoms with E-state index < -0.39 is 10.0 Å². The van der Waals surface area contributed by atoms with E-state index in [1.54, 1.807) is 19.1 Å². The van der Waals surface area contributed by atoms with Crippen LogP contribution in [0.4, 0.5) is 5.69 Å². The van der Waals surface area contributed by atoms with Crippen LogP contribution in [0.5, 0.6) is 5.75 Å². The number of nitrogen functional groups attached to an aromatic ring is 1. The zero-order valence-electron chi connectivity index (χ0n) is 16.5. The van der Waals surface area contributed by atoms with Crippen LogP contribution in [0.1, 0.15) is 29.5 Å². The monoisotopic (exact) mass is 452 g/mol. The van der Waals surface area contributed by atoms with Crippen molar-refractivity contribution in [2.45, 2.75) is 31.1 Å². The molecule has 30 heavy (non-hydrogen) atoms. The molecule has 0 spiro atoms. The first kappa shape index (κ1) is 23.7. The van der Waals surface area contributed by atoms with Gasteiger partial charge in [0.2, 0.25) is 15.9 Å². The number of halogens is 1. The second-order valence-corrected chi connectivity index (χ2v) is 8.98. The Morgan fingerprint density at radius 1 is 1.20 bits per heavy atom. The van der Waals surface area contributed by atoms with Gasteiger partial charge in [0.25, 0.3) is 0 Å². The third kappa shape index (κ3) is 5.10. The van der Waals surface area contributed by atoms with Gasteiger partial charge in [0.15, 0.2) is 0 Å². The van der Waals surface area contributed by atoms with Gasteiger partial charge in [0.05, 0.1) is 11.3 Å². The Hall–Kier alpha value is -2.62. The van der Waals surface area contributed by atoms with Crippen molar-refractivity contribution in [1.29, 1.82) is 5.41 Å². The number of phenolic OH excluding ortho intramolecular Hbond substituents is 1. The minimum atomic E-state index is -3.53. The third-order valence-electron chi connectivity index (χ3n) is 4.88. The molecule has 5 N–H and O–H groups in total. The first-order valence-electron chi connectivity index (χ1n) is 9.25. The molecule has 1 fully saturated rings. The Morgan fingerprint density at radius 3 is 2.47 bits per heavy atom. The second-order valence-electron chi connectivity index (χ2n) is 7.07. The maximum absolute atomic E-state index is 12.7. The second kappa shape index (κ2) is 9.46. The van der Waals surface area contributed by atoms with E-state index in [0.29, 0.717) is 35.5 Å². The number of rotatable bonds is 6. The minimum Gasteiger partial charge on any atom is -0.508 e. The maximum Gasteiger partial charge on any atom is 0.243 e. The lowest BCUT2D eigenvalue weighted by Crippen LogP contribution is -2.28. The first-order chi connectivity index (χ1) is 13.7. The molecule has 1 aliphatic rings. The molecule has 0 unspecified atom stereocenters. The normalized spacial score (nSPS) is 14.2. The number of carbonyl (C=O) groups is 1. The number of phenols is 1. The van der Waals surface area contributed by atoms with E-state index in [1.165, 1.54) is 28.6 Å². The predicted octanol–water partition coefficient (Wildman–Crippen LogP) is 2.37. The molecule has 2 aromatic rings. The largest absolute Gasteiger partial charge is 0.508 e. The Labute approximate surface area is 182 Å². The summed E-state index contributed by atoms with van der Waals surface area (Å²) in [4.78, 5) is 12.6. The van der Waals surface area contributed by atoms with E-state index in [0.717, 1.165) is 12.8 Å². The van der Waals surface area contributed by atoms with E-state index >= 15 is 0 Å². The number of benzene rings is 2. The van der Waals surface area contributed by atoms with E-state index in [2.05, 4.69) is 5.32 Å². The molecule has 1 amide bonds. The number of hydrogen-bond donors (Lipinski definition) is 4. The summed E-state index contributed by atoms with van der Waals surface area (Å²) < 4.78 is 27.0. The van der Waals surface area contributed by atoms with Crippen molar-refractivity contribution >= 4 is 39.9 Å². The van der Waals surface area contributed by atoms with Crippen LogP contribution in [0.3, 0.4) is 0 Å². The minimum absolute atomic E-state index is 0. The highest BCUT2D eigenvalue weighted by atomic mass is 35.5. The Bertz CT molecular complexity index is 1070. The summed E-state index contributed by atoms with van der Waals surface area (Å²) in [6, 6.07) is 9.07. The van der Waals surface area contributed by atoms with Crippen molar-refractivity contribution in [3.05, 3.63) is 53.1 Å². The zero-order chi connectivity index (χ0) is 21.2. The molecular formula is C20H25ClN4O4S. The average molecular weight is 453 g/mol. The van der Waals surface area contributed by atoms with Crippen LogP contribution in [0.25, 0.3) is 0 Å². The van der Waals surface area contributed by atoms with Gasteiger partial charge in [0, 0.05) is 29.9 Å². The molecule has 162 valence electrons. The quantitative estimate of drug-likeness (QED) is 0.394. The summed E-state index contributed by atoms with van der Waals surface area (Å²) in [6.07, 6.45) is 1.62. The number of nitrogens with two attached hydrogens (primary N) is 1. The average Bonchev–Trinajstić information content (AvgIpc) is 3.18. The van der Waals surface area contributed by atoms with Crippen molar-refractivity contribution in [3.8, 4) is 5.75 Å². The molecule has 0 bridgehead atoms. The number of aromatic hydroxyl groups is 1. The molecule has 2 aromatic carbocycles. The number of aryl methyl sites for hydroxylation is 1. The highest BCUT2D eigenvalue weighted by Crippen LogP contribution is 2.26. The van der Waals surface area contributed by atoms with Gasteiger partial charge in [-0.2, -0.15) is 4.31 Å². The van der Waals surface area contributed by atoms with Gasteiger partial charge in [-0.05, 0) is 61.7 Å². The van der Waals surface area contributed by atoms with Crippen molar-refractivity contribution in [3.63, 3.8) is 0 Å². The van der Waals surface area contributed by atoms with Crippen molar-refractivity contribution < 1.29 is 18.3 Å². The number of sulfonamides is 1. The number of anilines is 1. The number of amides is 1. The van der Waals surface area contributed by atoms with Crippen LogP contribution < -0.4 is 11.1 Å². The Kier molecular flexibility index (Phi) is 7.46. The number of carbonyl (C=O) groups excluding carboxylic acids is 1. The summed E-state index contributed by atoms with van der Waals surface area (Å²) in [5, 5.41) is 20.1. The number of nitrogens with zero attached hydrogens (tertiary/aromatic N) is 1. The highest BCUT2D eigenvalue weighted by Gasteiger charge is 2.28. The van der Waals surface area contributed by atoms with Crippen LogP contribution in [-0.4, -0.2) is 42.7 Å². The van der Waals surface area contributed by atoms with Gasteiger partial charge < -0.3 is 16.2 Å². The van der Waals surface area contributed by atoms with Gasteiger partial charge >= 0.3 is 0 Å². The van der Waals surface area contributed by atoms with Crippen LogP contribution in [0.2, 0.25) is 0 Å². The molecule has 10 heteroatoms. The zero-order valence-corrected chi connectivity index (χ0v) is 18.1. The molecule has 0 radical (unpaired) electrons. The lowest BCUT2D eigenvalue weighted by atomic mass is 10.1. The Balaban J connectivity index is 0.00000320. The van der Waals surface area contributed by atoms with Crippen molar-refractivity contribution in [2.24, 2.45) is 5.73 Å². The molecule has 8 nitrogen and oxygen atoms in total. The van der Waals surface area contributed by atoms with Gasteiger partial charge in [-0.3, -0.25) is 10.2 Å². The molecule has 1 heterocycles. The number of nitrogens with one attached hydrogen (secondary N) is 2. The van der Waals surface area contributed by atoms with Crippen LogP contribution in [0, 0.1) is 12.3 Å². The summed E-state index contributed by atoms with van der Waals surface area (Å²) in [5.41, 5.74) is 7.23. The summed E-state index contributed by atoms with van der Waals surface area (Å²) >= 11 is 0. The topological polar surface area (TPSA) is 137 Å². The molecule has 0 aliphatic carbocycles. The van der Waals surface area contributed by atoms with E-state index in [4.69, 9.17) is 11.1 Å². The fraction of sp³-hybridized carbons (Fsp3) is 0.300. The molecule has 0 atom stereocenters. The summed E-state index contributed by atoms with van der Waals surface area (Å²) in [7, 11) is -3.53. The lowest BCUT2D eigenvalue weighted by Gasteiger charge is -2.17. The third-order valence-corrected chi connectivity index (χ3v) is 6.94. The van der Waals surface area contributed by atoms with E-state index in [-0.39, 0.29) is 41.2 Å². The van der Waals surface area contributed by atoms with Gasteiger partial charge in [-0.15, -0.1) is 12.4 Å². The van der Waals surface area contributed by atoms with E-state index in [1.807, 2.05) is 0 Å². The van der Waals surface area contributed by atoms with Gasteiger partial charge in [-0.1, -0.05) is 0 Å². The van der Waals surface area contributed by atoms with Crippen molar-refractivity contribution in [1.82, 2.24) is 4.31 Å².